The van der Waals surface area contributed by atoms with Crippen LogP contribution in [-0.4, -0.2) is 42.8 Å². The topological polar surface area (TPSA) is 86.4 Å². The number of benzene rings is 3. The summed E-state index contributed by atoms with van der Waals surface area (Å²) in [5, 5.41) is 0. The molecule has 7 nitrogen and oxygen atoms in total. The minimum Gasteiger partial charge on any atom is -0.490 e. The van der Waals surface area contributed by atoms with Crippen LogP contribution in [-0.2, 0) is 0 Å². The van der Waals surface area contributed by atoms with E-state index >= 15 is 0 Å². The van der Waals surface area contributed by atoms with Crippen LogP contribution in [0.5, 0.6) is 23.0 Å². The van der Waals surface area contributed by atoms with Gasteiger partial charge in [-0.1, -0.05) is 17.7 Å². The third-order valence-corrected chi connectivity index (χ3v) is 6.31. The Labute approximate surface area is 205 Å². The van der Waals surface area contributed by atoms with Gasteiger partial charge in [0.05, 0.1) is 23.0 Å². The lowest BCUT2D eigenvalue weighted by molar-refractivity contribution is 0.0774. The molecular weight excluding hydrogens is 442 g/mol. The Morgan fingerprint density at radius 2 is 1.74 bits per heavy atom. The van der Waals surface area contributed by atoms with E-state index < -0.39 is 0 Å². The molecule has 2 heterocycles. The maximum atomic E-state index is 12.9. The number of amides is 1. The summed E-state index contributed by atoms with van der Waals surface area (Å²) < 4.78 is 17.8. The molecule has 0 radical (unpaired) electrons. The van der Waals surface area contributed by atoms with Crippen molar-refractivity contribution in [2.75, 3.05) is 25.5 Å². The van der Waals surface area contributed by atoms with Gasteiger partial charge >= 0.3 is 0 Å². The van der Waals surface area contributed by atoms with Crippen LogP contribution < -0.4 is 19.9 Å². The number of nitrogens with zero attached hydrogens (tertiary/aromatic N) is 2. The quantitative estimate of drug-likeness (QED) is 0.365. The minimum absolute atomic E-state index is 0.0463. The van der Waals surface area contributed by atoms with Crippen molar-refractivity contribution in [2.45, 2.75) is 32.7 Å². The summed E-state index contributed by atoms with van der Waals surface area (Å²) in [5.74, 6) is 2.63. The number of hydrogen-bond acceptors (Lipinski definition) is 6. The molecule has 0 aliphatic carbocycles. The molecule has 180 valence electrons. The smallest absolute Gasteiger partial charge is 0.256 e. The fraction of sp³-hybridized carbons (Fsp3) is 0.286. The first-order valence-corrected chi connectivity index (χ1v) is 11.9. The molecule has 5 rings (SSSR count). The summed E-state index contributed by atoms with van der Waals surface area (Å²) in [6.45, 7) is 5.42. The van der Waals surface area contributed by atoms with Crippen molar-refractivity contribution in [3.63, 3.8) is 0 Å². The van der Waals surface area contributed by atoms with Crippen molar-refractivity contribution in [1.29, 1.82) is 0 Å². The molecule has 2 aliphatic heterocycles. The van der Waals surface area contributed by atoms with E-state index in [0.717, 1.165) is 30.5 Å². The first-order chi connectivity index (χ1) is 17.0. The standard InChI is InChI=1S/C28H29N3O4/c1-18-5-7-21(8-6-18)35-27-15-22(9-10-24(27)29)33-12-13-34-26-16-25-23(14-19(26)2)28(32)31-11-3-4-20(31)17-30-25/h5-10,14-17,20H,3-4,11-13,29H2,1-2H3/t20-/m0/s1. The molecule has 0 unspecified atom stereocenters. The summed E-state index contributed by atoms with van der Waals surface area (Å²) in [7, 11) is 0. The zero-order valence-electron chi connectivity index (χ0n) is 20.0. The van der Waals surface area contributed by atoms with Crippen molar-refractivity contribution >= 4 is 23.5 Å². The Balaban J connectivity index is 1.21. The van der Waals surface area contributed by atoms with E-state index in [0.29, 0.717) is 53.2 Å². The fourth-order valence-corrected chi connectivity index (χ4v) is 4.37. The van der Waals surface area contributed by atoms with Crippen LogP contribution >= 0.6 is 0 Å². The van der Waals surface area contributed by atoms with Gasteiger partial charge in [0.1, 0.15) is 30.5 Å². The molecular formula is C28H29N3O4. The van der Waals surface area contributed by atoms with E-state index in [1.807, 2.05) is 61.4 Å². The molecule has 1 fully saturated rings. The normalized spacial score (nSPS) is 16.5. The van der Waals surface area contributed by atoms with Gasteiger partial charge in [0.2, 0.25) is 0 Å². The lowest BCUT2D eigenvalue weighted by Gasteiger charge is -2.20. The number of aliphatic imine (C=N–C) groups is 1. The van der Waals surface area contributed by atoms with Crippen molar-refractivity contribution < 1.29 is 19.0 Å². The maximum absolute atomic E-state index is 12.9. The highest BCUT2D eigenvalue weighted by Crippen LogP contribution is 2.34. The van der Waals surface area contributed by atoms with Gasteiger partial charge in [0.25, 0.3) is 5.91 Å². The van der Waals surface area contributed by atoms with Gasteiger partial charge in [0, 0.05) is 24.9 Å². The largest absolute Gasteiger partial charge is 0.490 e. The summed E-state index contributed by atoms with van der Waals surface area (Å²) >= 11 is 0. The predicted molar refractivity (Wildman–Crippen MR) is 136 cm³/mol. The van der Waals surface area contributed by atoms with E-state index in [2.05, 4.69) is 4.99 Å². The Morgan fingerprint density at radius 1 is 0.971 bits per heavy atom. The summed E-state index contributed by atoms with van der Waals surface area (Å²) in [4.78, 5) is 19.4. The molecule has 3 aromatic rings. The van der Waals surface area contributed by atoms with Crippen molar-refractivity contribution in [2.24, 2.45) is 4.99 Å². The minimum atomic E-state index is 0.0463. The zero-order chi connectivity index (χ0) is 24.4. The average molecular weight is 472 g/mol. The molecule has 1 saturated heterocycles. The second-order valence-electron chi connectivity index (χ2n) is 8.93. The lowest BCUT2D eigenvalue weighted by Crippen LogP contribution is -2.35. The van der Waals surface area contributed by atoms with E-state index in [9.17, 15) is 4.79 Å². The molecule has 1 amide bonds. The highest BCUT2D eigenvalue weighted by Gasteiger charge is 2.32. The Kier molecular flexibility index (Phi) is 6.31. The second kappa shape index (κ2) is 9.70. The van der Waals surface area contributed by atoms with Gasteiger partial charge in [-0.25, -0.2) is 0 Å². The number of aryl methyl sites for hydroxylation is 2. The number of nitrogens with two attached hydrogens (primary N) is 1. The van der Waals surface area contributed by atoms with E-state index in [1.165, 1.54) is 0 Å². The van der Waals surface area contributed by atoms with E-state index in [-0.39, 0.29) is 11.9 Å². The first kappa shape index (κ1) is 22.8. The van der Waals surface area contributed by atoms with Gasteiger partial charge in [-0.2, -0.15) is 0 Å². The van der Waals surface area contributed by atoms with Crippen LogP contribution in [0.2, 0.25) is 0 Å². The zero-order valence-corrected chi connectivity index (χ0v) is 20.0. The van der Waals surface area contributed by atoms with Crippen molar-refractivity contribution in [3.8, 4) is 23.0 Å². The van der Waals surface area contributed by atoms with Gasteiger partial charge in [-0.15, -0.1) is 0 Å². The average Bonchev–Trinajstić information content (AvgIpc) is 3.28. The third-order valence-electron chi connectivity index (χ3n) is 6.31. The number of carbonyl (C=O) groups excluding carboxylic acids is 1. The third kappa shape index (κ3) is 4.94. The van der Waals surface area contributed by atoms with Crippen LogP contribution in [0.3, 0.4) is 0 Å². The number of carbonyl (C=O) groups is 1. The molecule has 3 aromatic carbocycles. The summed E-state index contributed by atoms with van der Waals surface area (Å²) in [6.07, 6.45) is 3.87. The van der Waals surface area contributed by atoms with Crippen LogP contribution in [0.4, 0.5) is 11.4 Å². The van der Waals surface area contributed by atoms with Crippen molar-refractivity contribution in [3.05, 3.63) is 71.3 Å². The number of ether oxygens (including phenoxy) is 3. The number of fused-ring (bicyclic) bond motifs is 2. The lowest BCUT2D eigenvalue weighted by atomic mass is 10.1. The Morgan fingerprint density at radius 3 is 2.57 bits per heavy atom. The van der Waals surface area contributed by atoms with E-state index in [1.54, 1.807) is 18.2 Å². The monoisotopic (exact) mass is 471 g/mol. The van der Waals surface area contributed by atoms with E-state index in [4.69, 9.17) is 19.9 Å². The van der Waals surface area contributed by atoms with Crippen LogP contribution in [0, 0.1) is 13.8 Å². The van der Waals surface area contributed by atoms with Gasteiger partial charge < -0.3 is 24.8 Å². The number of anilines is 1. The highest BCUT2D eigenvalue weighted by atomic mass is 16.5. The molecule has 1 atom stereocenters. The van der Waals surface area contributed by atoms with Gasteiger partial charge in [-0.05, 0) is 62.6 Å². The molecule has 0 bridgehead atoms. The van der Waals surface area contributed by atoms with Gasteiger partial charge in [-0.3, -0.25) is 9.79 Å². The molecule has 35 heavy (non-hydrogen) atoms. The van der Waals surface area contributed by atoms with Gasteiger partial charge in [0.15, 0.2) is 5.75 Å². The van der Waals surface area contributed by atoms with Crippen molar-refractivity contribution in [1.82, 2.24) is 4.90 Å². The number of nitrogen functional groups attached to an aromatic ring is 1. The van der Waals surface area contributed by atoms with Crippen LogP contribution in [0.25, 0.3) is 0 Å². The number of hydrogen-bond donors (Lipinski definition) is 1. The molecule has 2 N–H and O–H groups in total. The summed E-state index contributed by atoms with van der Waals surface area (Å²) in [5.41, 5.74) is 9.95. The summed E-state index contributed by atoms with van der Waals surface area (Å²) in [6, 6.07) is 16.9. The van der Waals surface area contributed by atoms with Crippen LogP contribution in [0.1, 0.15) is 34.3 Å². The Hall–Kier alpha value is -4.00. The molecule has 0 spiro atoms. The molecule has 0 saturated carbocycles. The molecule has 0 aromatic heterocycles. The number of rotatable bonds is 7. The molecule has 7 heteroatoms. The Bertz CT molecular complexity index is 1270. The SMILES string of the molecule is Cc1ccc(Oc2cc(OCCOc3cc4c(cc3C)C(=O)N3CCC[C@H]3C=N4)ccc2N)cc1. The van der Waals surface area contributed by atoms with Crippen LogP contribution in [0.15, 0.2) is 59.6 Å². The highest BCUT2D eigenvalue weighted by molar-refractivity contribution is 6.03. The second-order valence-corrected chi connectivity index (χ2v) is 8.93. The molecule has 2 aliphatic rings. The first-order valence-electron chi connectivity index (χ1n) is 11.9. The predicted octanol–water partition coefficient (Wildman–Crippen LogP) is 5.46. The fourth-order valence-electron chi connectivity index (χ4n) is 4.37. The maximum Gasteiger partial charge on any atom is 0.256 e.